The molecule has 2 aromatic heterocycles. The second-order valence-corrected chi connectivity index (χ2v) is 11.0. The predicted octanol–water partition coefficient (Wildman–Crippen LogP) is 3.13. The molecule has 0 bridgehead atoms. The van der Waals surface area contributed by atoms with Gasteiger partial charge in [-0.1, -0.05) is 12.1 Å². The van der Waals surface area contributed by atoms with Gasteiger partial charge in [0, 0.05) is 38.9 Å². The molecule has 0 unspecified atom stereocenters. The lowest BCUT2D eigenvalue weighted by atomic mass is 10.2. The number of aromatic nitrogens is 4. The van der Waals surface area contributed by atoms with Crippen molar-refractivity contribution in [2.24, 2.45) is 0 Å². The summed E-state index contributed by atoms with van der Waals surface area (Å²) >= 11 is 0. The molecular formula is C24H28FN9O2S. The molecule has 0 atom stereocenters. The minimum atomic E-state index is -3.48. The van der Waals surface area contributed by atoms with E-state index in [1.54, 1.807) is 36.4 Å². The van der Waals surface area contributed by atoms with E-state index >= 15 is 4.39 Å². The van der Waals surface area contributed by atoms with E-state index in [1.807, 2.05) is 4.90 Å². The molecule has 1 fully saturated rings. The van der Waals surface area contributed by atoms with Gasteiger partial charge in [0.05, 0.1) is 29.6 Å². The van der Waals surface area contributed by atoms with Crippen LogP contribution in [0.25, 0.3) is 11.2 Å². The summed E-state index contributed by atoms with van der Waals surface area (Å²) in [4.78, 5) is 20.5. The number of nitrogens with zero attached hydrogens (tertiary/aromatic N) is 6. The highest BCUT2D eigenvalue weighted by molar-refractivity contribution is 7.92. The molecule has 37 heavy (non-hydrogen) atoms. The van der Waals surface area contributed by atoms with Gasteiger partial charge in [0.1, 0.15) is 11.3 Å². The van der Waals surface area contributed by atoms with Crippen molar-refractivity contribution in [2.75, 3.05) is 66.4 Å². The molecule has 13 heteroatoms. The van der Waals surface area contributed by atoms with Gasteiger partial charge in [-0.2, -0.15) is 9.97 Å². The number of rotatable bonds is 7. The normalized spacial score (nSPS) is 14.6. The molecule has 2 aromatic carbocycles. The summed E-state index contributed by atoms with van der Waals surface area (Å²) in [6.07, 6.45) is 2.63. The highest BCUT2D eigenvalue weighted by Crippen LogP contribution is 2.32. The minimum absolute atomic E-state index is 0.211. The van der Waals surface area contributed by atoms with Crippen LogP contribution in [0.4, 0.5) is 38.9 Å². The zero-order valence-electron chi connectivity index (χ0n) is 20.7. The van der Waals surface area contributed by atoms with Gasteiger partial charge >= 0.3 is 0 Å². The van der Waals surface area contributed by atoms with Crippen molar-refractivity contribution in [3.8, 4) is 0 Å². The van der Waals surface area contributed by atoms with Crippen LogP contribution in [0.1, 0.15) is 0 Å². The van der Waals surface area contributed by atoms with E-state index in [1.165, 1.54) is 23.7 Å². The summed E-state index contributed by atoms with van der Waals surface area (Å²) in [6.45, 7) is 3.31. The van der Waals surface area contributed by atoms with Crippen molar-refractivity contribution in [1.82, 2.24) is 24.8 Å². The SMILES string of the molecule is CN1CCN(c2ccc(Nc3nc(Nc4ccccc4N(C)S(C)(=O)=O)c4[nH]cnc4n3)cc2F)CC1. The Morgan fingerprint density at radius 3 is 2.54 bits per heavy atom. The Hall–Kier alpha value is -3.97. The maximum atomic E-state index is 15.0. The fourth-order valence-corrected chi connectivity index (χ4v) is 4.67. The molecule has 0 amide bonds. The highest BCUT2D eigenvalue weighted by atomic mass is 32.2. The average Bonchev–Trinajstić information content (AvgIpc) is 3.33. The molecule has 1 saturated heterocycles. The monoisotopic (exact) mass is 525 g/mol. The third-order valence-electron chi connectivity index (χ3n) is 6.33. The summed E-state index contributed by atoms with van der Waals surface area (Å²) in [5.74, 6) is 0.267. The van der Waals surface area contributed by atoms with Crippen LogP contribution >= 0.6 is 0 Å². The number of imidazole rings is 1. The Balaban J connectivity index is 1.43. The quantitative estimate of drug-likeness (QED) is 0.334. The lowest BCUT2D eigenvalue weighted by Gasteiger charge is -2.34. The van der Waals surface area contributed by atoms with Crippen molar-refractivity contribution in [1.29, 1.82) is 0 Å². The Labute approximate surface area is 214 Å². The smallest absolute Gasteiger partial charge is 0.232 e. The second kappa shape index (κ2) is 9.82. The van der Waals surface area contributed by atoms with Crippen LogP contribution in [0.3, 0.4) is 0 Å². The fraction of sp³-hybridized carbons (Fsp3) is 0.292. The maximum absolute atomic E-state index is 15.0. The van der Waals surface area contributed by atoms with E-state index in [0.29, 0.717) is 39.7 Å². The first kappa shape index (κ1) is 24.7. The fourth-order valence-electron chi connectivity index (χ4n) is 4.16. The lowest BCUT2D eigenvalue weighted by Crippen LogP contribution is -2.44. The lowest BCUT2D eigenvalue weighted by molar-refractivity contribution is 0.311. The van der Waals surface area contributed by atoms with Crippen molar-refractivity contribution in [3.63, 3.8) is 0 Å². The number of para-hydroxylation sites is 2. The molecule has 0 aliphatic carbocycles. The molecule has 0 saturated carbocycles. The Morgan fingerprint density at radius 1 is 1.05 bits per heavy atom. The first-order chi connectivity index (χ1) is 17.7. The van der Waals surface area contributed by atoms with Gasteiger partial charge in [0.15, 0.2) is 11.5 Å². The van der Waals surface area contributed by atoms with E-state index < -0.39 is 10.0 Å². The molecule has 11 nitrogen and oxygen atoms in total. The zero-order chi connectivity index (χ0) is 26.2. The summed E-state index contributed by atoms with van der Waals surface area (Å²) in [5.41, 5.74) is 2.97. The molecule has 1 aliphatic heterocycles. The van der Waals surface area contributed by atoms with Crippen LogP contribution in [0.5, 0.6) is 0 Å². The minimum Gasteiger partial charge on any atom is -0.367 e. The topological polar surface area (TPSA) is 122 Å². The first-order valence-electron chi connectivity index (χ1n) is 11.7. The van der Waals surface area contributed by atoms with Gasteiger partial charge in [-0.3, -0.25) is 4.31 Å². The maximum Gasteiger partial charge on any atom is 0.232 e. The number of H-pyrrole nitrogens is 1. The molecule has 4 aromatic rings. The molecule has 0 radical (unpaired) electrons. The van der Waals surface area contributed by atoms with E-state index in [0.717, 1.165) is 32.4 Å². The number of hydrogen-bond acceptors (Lipinski definition) is 9. The van der Waals surface area contributed by atoms with Crippen LogP contribution < -0.4 is 19.8 Å². The molecule has 3 heterocycles. The van der Waals surface area contributed by atoms with E-state index in [4.69, 9.17) is 0 Å². The van der Waals surface area contributed by atoms with Gasteiger partial charge in [-0.05, 0) is 37.4 Å². The van der Waals surface area contributed by atoms with Crippen LogP contribution in [0, 0.1) is 5.82 Å². The number of benzene rings is 2. The molecule has 5 rings (SSSR count). The number of likely N-dealkylation sites (N-methyl/N-ethyl adjacent to an activating group) is 1. The number of fused-ring (bicyclic) bond motifs is 1. The summed E-state index contributed by atoms with van der Waals surface area (Å²) < 4.78 is 40.5. The molecular weight excluding hydrogens is 497 g/mol. The van der Waals surface area contributed by atoms with Crippen LogP contribution in [0.15, 0.2) is 48.8 Å². The highest BCUT2D eigenvalue weighted by Gasteiger charge is 2.19. The molecule has 1 aliphatic rings. The van der Waals surface area contributed by atoms with E-state index in [-0.39, 0.29) is 11.8 Å². The Bertz CT molecular complexity index is 1530. The van der Waals surface area contributed by atoms with Gasteiger partial charge in [-0.25, -0.2) is 17.8 Å². The largest absolute Gasteiger partial charge is 0.367 e. The van der Waals surface area contributed by atoms with Crippen molar-refractivity contribution in [3.05, 3.63) is 54.6 Å². The predicted molar refractivity (Wildman–Crippen MR) is 144 cm³/mol. The van der Waals surface area contributed by atoms with Gasteiger partial charge in [-0.15, -0.1) is 0 Å². The third kappa shape index (κ3) is 5.27. The van der Waals surface area contributed by atoms with Crippen molar-refractivity contribution >= 4 is 55.7 Å². The molecule has 194 valence electrons. The molecule has 0 spiro atoms. The number of halogens is 1. The number of anilines is 6. The van der Waals surface area contributed by atoms with Gasteiger partial charge < -0.3 is 25.4 Å². The summed E-state index contributed by atoms with van der Waals surface area (Å²) in [6, 6.07) is 12.0. The van der Waals surface area contributed by atoms with E-state index in [2.05, 4.69) is 42.5 Å². The summed E-state index contributed by atoms with van der Waals surface area (Å²) in [7, 11) is 0.0561. The number of nitrogens with one attached hydrogen (secondary N) is 3. The molecule has 3 N–H and O–H groups in total. The van der Waals surface area contributed by atoms with Crippen molar-refractivity contribution < 1.29 is 12.8 Å². The van der Waals surface area contributed by atoms with Gasteiger partial charge in [0.25, 0.3) is 0 Å². The second-order valence-electron chi connectivity index (χ2n) is 8.95. The van der Waals surface area contributed by atoms with E-state index in [9.17, 15) is 8.42 Å². The number of aromatic amines is 1. The Morgan fingerprint density at radius 2 is 1.81 bits per heavy atom. The standard InChI is InChI=1S/C24H28FN9O2S/c1-32-10-12-34(13-11-32)19-9-8-16(14-17(19)25)28-24-30-22-21(26-15-27-22)23(31-24)29-18-6-4-5-7-20(18)33(2)37(3,35)36/h4-9,14-15H,10-13H2,1-3H3,(H3,26,27,28,29,30,31). The number of hydrogen-bond donors (Lipinski definition) is 3. The zero-order valence-corrected chi connectivity index (χ0v) is 21.5. The van der Waals surface area contributed by atoms with Crippen LogP contribution in [-0.2, 0) is 10.0 Å². The first-order valence-corrected chi connectivity index (χ1v) is 13.5. The average molecular weight is 526 g/mol. The summed E-state index contributed by atoms with van der Waals surface area (Å²) in [5, 5.41) is 6.26. The van der Waals surface area contributed by atoms with Crippen LogP contribution in [-0.4, -0.2) is 79.8 Å². The number of piperazine rings is 1. The Kier molecular flexibility index (Phi) is 6.56. The van der Waals surface area contributed by atoms with Crippen LogP contribution in [0.2, 0.25) is 0 Å². The van der Waals surface area contributed by atoms with Crippen molar-refractivity contribution in [2.45, 2.75) is 0 Å². The third-order valence-corrected chi connectivity index (χ3v) is 7.52. The van der Waals surface area contributed by atoms with Gasteiger partial charge in [0.2, 0.25) is 16.0 Å². The number of sulfonamides is 1.